The summed E-state index contributed by atoms with van der Waals surface area (Å²) in [4.78, 5) is 5.43. The van der Waals surface area contributed by atoms with Gasteiger partial charge in [0, 0.05) is 22.9 Å². The molecule has 1 rings (SSSR count). The third-order valence-corrected chi connectivity index (χ3v) is 2.21. The topological polar surface area (TPSA) is 97.5 Å². The normalized spacial score (nSPS) is 9.00. The quantitative estimate of drug-likeness (QED) is 0.395. The minimum Gasteiger partial charge on any atom is -0.0936 e. The summed E-state index contributed by atoms with van der Waals surface area (Å²) in [7, 11) is 0. The summed E-state index contributed by atoms with van der Waals surface area (Å²) in [6.07, 6.45) is 1.44. The Morgan fingerprint density at radius 3 is 1.69 bits per heavy atom. The van der Waals surface area contributed by atoms with E-state index in [1.54, 1.807) is 0 Å². The number of hydrogen-bond donors (Lipinski definition) is 0. The van der Waals surface area contributed by atoms with E-state index in [-0.39, 0.29) is 0 Å². The summed E-state index contributed by atoms with van der Waals surface area (Å²) in [5, 5.41) is 7.01. The van der Waals surface area contributed by atoms with Crippen LogP contribution in [0.2, 0.25) is 0 Å². The number of nitrogens with zero attached hydrogens (tertiary/aromatic N) is 6. The zero-order valence-electron chi connectivity index (χ0n) is 8.82. The second-order valence-corrected chi connectivity index (χ2v) is 3.18. The molecule has 1 aromatic rings. The lowest BCUT2D eigenvalue weighted by molar-refractivity contribution is 0.896. The van der Waals surface area contributed by atoms with E-state index in [2.05, 4.69) is 20.1 Å². The minimum absolute atomic E-state index is 0.453. The fourth-order valence-electron chi connectivity index (χ4n) is 1.48. The van der Waals surface area contributed by atoms with E-state index < -0.39 is 0 Å². The maximum Gasteiger partial charge on any atom is 0.0298 e. The van der Waals surface area contributed by atoms with Crippen molar-refractivity contribution >= 4 is 0 Å². The van der Waals surface area contributed by atoms with E-state index in [1.807, 2.05) is 24.3 Å². The Balaban J connectivity index is 2.66. The van der Waals surface area contributed by atoms with Crippen LogP contribution < -0.4 is 0 Å². The van der Waals surface area contributed by atoms with Crippen molar-refractivity contribution in [2.24, 2.45) is 10.2 Å². The minimum atomic E-state index is 0.453. The van der Waals surface area contributed by atoms with Crippen LogP contribution >= 0.6 is 0 Å². The summed E-state index contributed by atoms with van der Waals surface area (Å²) in [6.45, 7) is 0.907. The molecule has 0 spiro atoms. The van der Waals surface area contributed by atoms with Crippen molar-refractivity contribution in [3.63, 3.8) is 0 Å². The van der Waals surface area contributed by atoms with Gasteiger partial charge < -0.3 is 0 Å². The molecule has 0 atom stereocenters. The summed E-state index contributed by atoms with van der Waals surface area (Å²) < 4.78 is 0. The van der Waals surface area contributed by atoms with Crippen molar-refractivity contribution < 1.29 is 0 Å². The molecule has 0 aliphatic rings. The van der Waals surface area contributed by atoms with Crippen LogP contribution in [0, 0.1) is 0 Å². The van der Waals surface area contributed by atoms with Crippen LogP contribution in [-0.2, 0) is 12.8 Å². The third kappa shape index (κ3) is 3.92. The number of rotatable bonds is 6. The average molecular weight is 216 g/mol. The van der Waals surface area contributed by atoms with E-state index >= 15 is 0 Å². The van der Waals surface area contributed by atoms with Crippen LogP contribution in [-0.4, -0.2) is 13.1 Å². The first-order valence-electron chi connectivity index (χ1n) is 4.97. The second-order valence-electron chi connectivity index (χ2n) is 3.18. The van der Waals surface area contributed by atoms with Crippen LogP contribution in [0.1, 0.15) is 11.1 Å². The molecule has 0 N–H and O–H groups in total. The molecule has 0 radical (unpaired) electrons. The predicted molar refractivity (Wildman–Crippen MR) is 61.9 cm³/mol. The van der Waals surface area contributed by atoms with E-state index in [9.17, 15) is 0 Å². The van der Waals surface area contributed by atoms with Gasteiger partial charge >= 0.3 is 0 Å². The highest BCUT2D eigenvalue weighted by molar-refractivity contribution is 5.27. The Kier molecular flexibility index (Phi) is 5.34. The van der Waals surface area contributed by atoms with Gasteiger partial charge in [0.05, 0.1) is 0 Å². The molecular weight excluding hydrogens is 204 g/mol. The molecule has 6 nitrogen and oxygen atoms in total. The van der Waals surface area contributed by atoms with Gasteiger partial charge in [0.25, 0.3) is 0 Å². The highest BCUT2D eigenvalue weighted by atomic mass is 15.1. The smallest absolute Gasteiger partial charge is 0.0298 e. The lowest BCUT2D eigenvalue weighted by Crippen LogP contribution is -1.98. The highest BCUT2D eigenvalue weighted by Gasteiger charge is 2.00. The van der Waals surface area contributed by atoms with Crippen molar-refractivity contribution in [1.29, 1.82) is 0 Å². The van der Waals surface area contributed by atoms with Crippen molar-refractivity contribution in [3.05, 3.63) is 56.3 Å². The van der Waals surface area contributed by atoms with Crippen molar-refractivity contribution in [3.8, 4) is 0 Å². The maximum atomic E-state index is 8.19. The summed E-state index contributed by atoms with van der Waals surface area (Å²) in [5.74, 6) is 0. The first-order chi connectivity index (χ1) is 7.88. The lowest BCUT2D eigenvalue weighted by Gasteiger charge is -2.06. The zero-order valence-corrected chi connectivity index (χ0v) is 8.82. The molecule has 0 aliphatic heterocycles. The van der Waals surface area contributed by atoms with Crippen LogP contribution in [0.15, 0.2) is 34.5 Å². The molecule has 0 aromatic heterocycles. The molecule has 6 heteroatoms. The molecule has 16 heavy (non-hydrogen) atoms. The van der Waals surface area contributed by atoms with Crippen LogP contribution in [0.4, 0.5) is 0 Å². The largest absolute Gasteiger partial charge is 0.0936 e. The maximum absolute atomic E-state index is 8.19. The Bertz CT molecular complexity index is 388. The van der Waals surface area contributed by atoms with E-state index in [4.69, 9.17) is 11.1 Å². The number of azide groups is 2. The zero-order chi connectivity index (χ0) is 11.6. The van der Waals surface area contributed by atoms with Crippen molar-refractivity contribution in [2.75, 3.05) is 13.1 Å². The molecule has 82 valence electrons. The first kappa shape index (κ1) is 11.9. The molecule has 1 aromatic carbocycles. The molecule has 0 aliphatic carbocycles. The fraction of sp³-hybridized carbons (Fsp3) is 0.400. The standard InChI is InChI=1S/C10H12N6/c11-15-13-7-5-9-3-1-2-4-10(9)6-8-14-16-12/h1-4H,5-8H2. The van der Waals surface area contributed by atoms with Gasteiger partial charge in [-0.05, 0) is 35.0 Å². The fourth-order valence-corrected chi connectivity index (χ4v) is 1.48. The van der Waals surface area contributed by atoms with Gasteiger partial charge in [0.2, 0.25) is 0 Å². The Morgan fingerprint density at radius 1 is 0.875 bits per heavy atom. The molecule has 0 fully saturated rings. The van der Waals surface area contributed by atoms with Gasteiger partial charge in [-0.2, -0.15) is 0 Å². The van der Waals surface area contributed by atoms with E-state index in [0.717, 1.165) is 24.0 Å². The van der Waals surface area contributed by atoms with Gasteiger partial charge in [-0.3, -0.25) is 0 Å². The van der Waals surface area contributed by atoms with Gasteiger partial charge in [0.1, 0.15) is 0 Å². The van der Waals surface area contributed by atoms with Gasteiger partial charge in [-0.25, -0.2) is 0 Å². The van der Waals surface area contributed by atoms with Gasteiger partial charge in [-0.1, -0.05) is 34.5 Å². The van der Waals surface area contributed by atoms with Gasteiger partial charge in [-0.15, -0.1) is 0 Å². The SMILES string of the molecule is [N-]=[N+]=NCCc1ccccc1CCN=[N+]=[N-]. The van der Waals surface area contributed by atoms with Crippen LogP contribution in [0.3, 0.4) is 0 Å². The van der Waals surface area contributed by atoms with Crippen LogP contribution in [0.25, 0.3) is 20.9 Å². The summed E-state index contributed by atoms with van der Waals surface area (Å²) in [5.41, 5.74) is 18.7. The predicted octanol–water partition coefficient (Wildman–Crippen LogP) is 3.39. The molecule has 0 heterocycles. The van der Waals surface area contributed by atoms with Crippen molar-refractivity contribution in [2.45, 2.75) is 12.8 Å². The third-order valence-electron chi connectivity index (χ3n) is 2.21. The Labute approximate surface area is 93.2 Å². The van der Waals surface area contributed by atoms with Crippen LogP contribution in [0.5, 0.6) is 0 Å². The average Bonchev–Trinajstić information content (AvgIpc) is 2.32. The summed E-state index contributed by atoms with van der Waals surface area (Å²) >= 11 is 0. The molecule has 0 saturated carbocycles. The molecule has 0 bridgehead atoms. The molecule has 0 saturated heterocycles. The number of benzene rings is 1. The Morgan fingerprint density at radius 2 is 1.31 bits per heavy atom. The monoisotopic (exact) mass is 216 g/mol. The molecule has 0 amide bonds. The van der Waals surface area contributed by atoms with E-state index in [1.165, 1.54) is 0 Å². The lowest BCUT2D eigenvalue weighted by atomic mass is 10.0. The summed E-state index contributed by atoms with van der Waals surface area (Å²) in [6, 6.07) is 7.89. The van der Waals surface area contributed by atoms with Crippen molar-refractivity contribution in [1.82, 2.24) is 0 Å². The van der Waals surface area contributed by atoms with E-state index in [0.29, 0.717) is 13.1 Å². The van der Waals surface area contributed by atoms with Gasteiger partial charge in [0.15, 0.2) is 0 Å². The molecule has 0 unspecified atom stereocenters. The molecular formula is C10H12N6. The second kappa shape index (κ2) is 7.17. The highest BCUT2D eigenvalue weighted by Crippen LogP contribution is 2.10. The number of hydrogen-bond acceptors (Lipinski definition) is 2. The Hall–Kier alpha value is -2.16. The first-order valence-corrected chi connectivity index (χ1v) is 4.97.